The van der Waals surface area contributed by atoms with Crippen LogP contribution in [0.4, 0.5) is 13.2 Å². The number of ether oxygens (including phenoxy) is 1. The fourth-order valence-electron chi connectivity index (χ4n) is 1.87. The fraction of sp³-hybridized carbons (Fsp3) is 0.889. The quantitative estimate of drug-likeness (QED) is 0.621. The van der Waals surface area contributed by atoms with Gasteiger partial charge in [0.25, 0.3) is 0 Å². The summed E-state index contributed by atoms with van der Waals surface area (Å²) >= 11 is 0. The lowest BCUT2D eigenvalue weighted by Gasteiger charge is -2.28. The highest BCUT2D eigenvalue weighted by atomic mass is 19.4. The molecule has 0 aromatic heterocycles. The molecule has 0 spiro atoms. The highest BCUT2D eigenvalue weighted by Gasteiger charge is 2.43. The molecule has 2 atom stereocenters. The van der Waals surface area contributed by atoms with Gasteiger partial charge < -0.3 is 4.74 Å². The van der Waals surface area contributed by atoms with Crippen molar-refractivity contribution in [1.82, 2.24) is 0 Å². The Morgan fingerprint density at radius 3 is 2.50 bits per heavy atom. The Labute approximate surface area is 80.4 Å². The maximum absolute atomic E-state index is 12.3. The van der Waals surface area contributed by atoms with E-state index in [4.69, 9.17) is 0 Å². The van der Waals surface area contributed by atoms with E-state index in [1.54, 1.807) is 0 Å². The molecule has 0 N–H and O–H groups in total. The van der Waals surface area contributed by atoms with Gasteiger partial charge in [0.1, 0.15) is 0 Å². The third kappa shape index (κ3) is 2.62. The molecule has 0 aromatic rings. The number of halogens is 3. The van der Waals surface area contributed by atoms with Gasteiger partial charge in [0, 0.05) is 0 Å². The average Bonchev–Trinajstić information content (AvgIpc) is 2.15. The minimum Gasteiger partial charge on any atom is -0.469 e. The maximum Gasteiger partial charge on any atom is 0.391 e. The van der Waals surface area contributed by atoms with Crippen molar-refractivity contribution in [3.63, 3.8) is 0 Å². The van der Waals surface area contributed by atoms with Crippen molar-refractivity contribution >= 4 is 5.97 Å². The molecule has 1 aliphatic carbocycles. The number of carbonyl (C=O) groups excluding carboxylic acids is 1. The van der Waals surface area contributed by atoms with Gasteiger partial charge in [-0.25, -0.2) is 0 Å². The third-order valence-electron chi connectivity index (χ3n) is 2.67. The Kier molecular flexibility index (Phi) is 3.39. The number of alkyl halides is 3. The molecule has 1 fully saturated rings. The summed E-state index contributed by atoms with van der Waals surface area (Å²) in [5.41, 5.74) is 0. The van der Waals surface area contributed by atoms with Crippen LogP contribution in [-0.2, 0) is 9.53 Å². The zero-order valence-corrected chi connectivity index (χ0v) is 7.93. The van der Waals surface area contributed by atoms with Crippen LogP contribution in [0.3, 0.4) is 0 Å². The Hall–Kier alpha value is -0.740. The number of rotatable bonds is 1. The molecule has 0 heterocycles. The van der Waals surface area contributed by atoms with Gasteiger partial charge in [-0.3, -0.25) is 4.79 Å². The second-order valence-corrected chi connectivity index (χ2v) is 3.63. The Morgan fingerprint density at radius 1 is 1.36 bits per heavy atom. The first-order chi connectivity index (χ1) is 6.45. The summed E-state index contributed by atoms with van der Waals surface area (Å²) in [6.45, 7) is 0. The van der Waals surface area contributed by atoms with Crippen LogP contribution in [0.2, 0.25) is 0 Å². The highest BCUT2D eigenvalue weighted by molar-refractivity contribution is 5.72. The topological polar surface area (TPSA) is 26.3 Å². The standard InChI is InChI=1S/C9H13F3O2/c1-14-8(13)6-3-2-4-7(5-6)9(10,11)12/h6-7H,2-5H2,1H3/t6-,7-/m0/s1. The first kappa shape index (κ1) is 11.3. The fourth-order valence-corrected chi connectivity index (χ4v) is 1.87. The molecule has 0 aliphatic heterocycles. The second-order valence-electron chi connectivity index (χ2n) is 3.63. The van der Waals surface area contributed by atoms with E-state index in [0.717, 1.165) is 0 Å². The lowest BCUT2D eigenvalue weighted by atomic mass is 9.81. The average molecular weight is 210 g/mol. The maximum atomic E-state index is 12.3. The monoisotopic (exact) mass is 210 g/mol. The van der Waals surface area contributed by atoms with Gasteiger partial charge in [-0.1, -0.05) is 6.42 Å². The highest BCUT2D eigenvalue weighted by Crippen LogP contribution is 2.40. The van der Waals surface area contributed by atoms with Crippen molar-refractivity contribution in [1.29, 1.82) is 0 Å². The molecular weight excluding hydrogens is 197 g/mol. The molecule has 5 heteroatoms. The van der Waals surface area contributed by atoms with Crippen molar-refractivity contribution in [2.45, 2.75) is 31.9 Å². The van der Waals surface area contributed by atoms with Crippen molar-refractivity contribution < 1.29 is 22.7 Å². The number of esters is 1. The summed E-state index contributed by atoms with van der Waals surface area (Å²) in [5.74, 6) is -2.42. The molecule has 0 saturated heterocycles. The normalized spacial score (nSPS) is 28.6. The van der Waals surface area contributed by atoms with Gasteiger partial charge in [-0.2, -0.15) is 13.2 Å². The molecule has 1 saturated carbocycles. The summed E-state index contributed by atoms with van der Waals surface area (Å²) in [6.07, 6.45) is -3.19. The minimum absolute atomic E-state index is 0.115. The molecule has 14 heavy (non-hydrogen) atoms. The van der Waals surface area contributed by atoms with Crippen LogP contribution in [0, 0.1) is 11.8 Å². The minimum atomic E-state index is -4.17. The van der Waals surface area contributed by atoms with Gasteiger partial charge in [0.2, 0.25) is 0 Å². The number of hydrogen-bond donors (Lipinski definition) is 0. The van der Waals surface area contributed by atoms with Crippen molar-refractivity contribution in [2.75, 3.05) is 7.11 Å². The predicted molar refractivity (Wildman–Crippen MR) is 43.5 cm³/mol. The number of hydrogen-bond acceptors (Lipinski definition) is 2. The molecule has 1 rings (SSSR count). The van der Waals surface area contributed by atoms with Crippen molar-refractivity contribution in [3.8, 4) is 0 Å². The lowest BCUT2D eigenvalue weighted by Crippen LogP contribution is -2.32. The molecule has 0 bridgehead atoms. The molecular formula is C9H13F3O2. The molecule has 0 radical (unpaired) electrons. The van der Waals surface area contributed by atoms with Gasteiger partial charge in [-0.15, -0.1) is 0 Å². The molecule has 0 unspecified atom stereocenters. The van der Waals surface area contributed by atoms with Gasteiger partial charge in [0.15, 0.2) is 0 Å². The molecule has 2 nitrogen and oxygen atoms in total. The summed E-state index contributed by atoms with van der Waals surface area (Å²) in [7, 11) is 1.21. The van der Waals surface area contributed by atoms with Crippen LogP contribution in [0.15, 0.2) is 0 Å². The van der Waals surface area contributed by atoms with Crippen LogP contribution in [0.1, 0.15) is 25.7 Å². The van der Waals surface area contributed by atoms with E-state index in [1.807, 2.05) is 0 Å². The molecule has 82 valence electrons. The lowest BCUT2D eigenvalue weighted by molar-refractivity contribution is -0.188. The van der Waals surface area contributed by atoms with E-state index in [9.17, 15) is 18.0 Å². The smallest absolute Gasteiger partial charge is 0.391 e. The largest absolute Gasteiger partial charge is 0.469 e. The van der Waals surface area contributed by atoms with E-state index < -0.39 is 24.0 Å². The first-order valence-electron chi connectivity index (χ1n) is 4.59. The van der Waals surface area contributed by atoms with Crippen LogP contribution in [0.25, 0.3) is 0 Å². The number of carbonyl (C=O) groups is 1. The molecule has 0 amide bonds. The van der Waals surface area contributed by atoms with E-state index in [1.165, 1.54) is 7.11 Å². The third-order valence-corrected chi connectivity index (χ3v) is 2.67. The van der Waals surface area contributed by atoms with Gasteiger partial charge in [-0.05, 0) is 19.3 Å². The van der Waals surface area contributed by atoms with Gasteiger partial charge in [0.05, 0.1) is 18.9 Å². The first-order valence-corrected chi connectivity index (χ1v) is 4.59. The van der Waals surface area contributed by atoms with E-state index in [-0.39, 0.29) is 12.8 Å². The Bertz CT molecular complexity index is 213. The zero-order valence-electron chi connectivity index (χ0n) is 7.93. The van der Waals surface area contributed by atoms with Gasteiger partial charge >= 0.3 is 12.1 Å². The van der Waals surface area contributed by atoms with E-state index in [2.05, 4.69) is 4.74 Å². The van der Waals surface area contributed by atoms with Crippen LogP contribution in [-0.4, -0.2) is 19.3 Å². The van der Waals surface area contributed by atoms with Crippen LogP contribution in [0.5, 0.6) is 0 Å². The molecule has 0 aromatic carbocycles. The van der Waals surface area contributed by atoms with Crippen molar-refractivity contribution in [3.05, 3.63) is 0 Å². The van der Waals surface area contributed by atoms with E-state index in [0.29, 0.717) is 12.8 Å². The van der Waals surface area contributed by atoms with Crippen LogP contribution < -0.4 is 0 Å². The predicted octanol–water partition coefficient (Wildman–Crippen LogP) is 2.53. The summed E-state index contributed by atoms with van der Waals surface area (Å²) in [4.78, 5) is 11.0. The number of methoxy groups -OCH3 is 1. The Morgan fingerprint density at radius 2 is 2.00 bits per heavy atom. The van der Waals surface area contributed by atoms with Crippen LogP contribution >= 0.6 is 0 Å². The molecule has 1 aliphatic rings. The van der Waals surface area contributed by atoms with E-state index >= 15 is 0 Å². The zero-order chi connectivity index (χ0) is 10.8. The van der Waals surface area contributed by atoms with Crippen molar-refractivity contribution in [2.24, 2.45) is 11.8 Å². The summed E-state index contributed by atoms with van der Waals surface area (Å²) in [5, 5.41) is 0. The second kappa shape index (κ2) is 4.19. The summed E-state index contributed by atoms with van der Waals surface area (Å²) in [6, 6.07) is 0. The SMILES string of the molecule is COC(=O)[C@H]1CCC[C@H](C(F)(F)F)C1. The Balaban J connectivity index is 2.56. The summed E-state index contributed by atoms with van der Waals surface area (Å²) < 4.78 is 41.4.